The Hall–Kier alpha value is -3.04. The molecule has 2 aromatic rings. The van der Waals surface area contributed by atoms with Crippen molar-refractivity contribution in [2.75, 3.05) is 5.75 Å². The molecule has 3 rings (SSSR count). The van der Waals surface area contributed by atoms with E-state index >= 15 is 0 Å². The number of alkyl halides is 3. The van der Waals surface area contributed by atoms with Gasteiger partial charge in [0.05, 0.1) is 17.6 Å². The van der Waals surface area contributed by atoms with Gasteiger partial charge in [0, 0.05) is 12.4 Å². The smallest absolute Gasteiger partial charge is 0.336 e. The van der Waals surface area contributed by atoms with Gasteiger partial charge in [-0.1, -0.05) is 18.2 Å². The monoisotopic (exact) mass is 484 g/mol. The summed E-state index contributed by atoms with van der Waals surface area (Å²) in [6.45, 7) is 0. The lowest BCUT2D eigenvalue weighted by atomic mass is 10.0. The van der Waals surface area contributed by atoms with Gasteiger partial charge < -0.3 is 5.32 Å². The highest BCUT2D eigenvalue weighted by molar-refractivity contribution is 7.90. The van der Waals surface area contributed by atoms with Crippen molar-refractivity contribution < 1.29 is 30.8 Å². The highest BCUT2D eigenvalue weighted by atomic mass is 32.2. The van der Waals surface area contributed by atoms with Crippen LogP contribution in [0.5, 0.6) is 0 Å². The molecule has 1 fully saturated rings. The summed E-state index contributed by atoms with van der Waals surface area (Å²) in [6.07, 6.45) is -1.57. The van der Waals surface area contributed by atoms with Crippen molar-refractivity contribution in [3.8, 4) is 6.07 Å². The standard InChI is InChI=1S/C21H20F4N4O3S/c22-16-5-3-15(4-6-16)18(21(23,24)25)28-17(19(30)29-20(13-26)7-8-20)12-33(31,32)11-14-2-1-9-27-10-14/h1-6,9-10,17-18,28H,7-8,11-12H2,(H,29,30)/t17-,18-/m0/s1. The van der Waals surface area contributed by atoms with Crippen molar-refractivity contribution in [2.45, 2.75) is 42.4 Å². The van der Waals surface area contributed by atoms with Crippen LogP contribution in [-0.4, -0.2) is 42.8 Å². The number of nitrogens with one attached hydrogen (secondary N) is 2. The number of nitriles is 1. The van der Waals surface area contributed by atoms with E-state index in [1.54, 1.807) is 0 Å². The van der Waals surface area contributed by atoms with Crippen LogP contribution in [0.1, 0.15) is 30.0 Å². The van der Waals surface area contributed by atoms with Gasteiger partial charge in [0.2, 0.25) is 5.91 Å². The van der Waals surface area contributed by atoms with E-state index in [9.17, 15) is 36.0 Å². The first-order valence-electron chi connectivity index (χ1n) is 9.84. The number of amides is 1. The molecule has 1 aliphatic carbocycles. The Morgan fingerprint density at radius 1 is 1.21 bits per heavy atom. The molecule has 1 aromatic heterocycles. The second-order valence-corrected chi connectivity index (χ2v) is 9.95. The largest absolute Gasteiger partial charge is 0.407 e. The van der Waals surface area contributed by atoms with E-state index in [0.717, 1.165) is 24.3 Å². The summed E-state index contributed by atoms with van der Waals surface area (Å²) in [5.41, 5.74) is -1.31. The second kappa shape index (κ2) is 9.44. The van der Waals surface area contributed by atoms with Crippen LogP contribution in [-0.2, 0) is 20.4 Å². The summed E-state index contributed by atoms with van der Waals surface area (Å²) in [5.74, 6) is -3.29. The molecule has 1 aromatic carbocycles. The molecule has 0 spiro atoms. The summed E-state index contributed by atoms with van der Waals surface area (Å²) >= 11 is 0. The summed E-state index contributed by atoms with van der Waals surface area (Å²) in [6, 6.07) is 4.07. The molecule has 0 saturated heterocycles. The minimum Gasteiger partial charge on any atom is -0.336 e. The maximum absolute atomic E-state index is 13.8. The van der Waals surface area contributed by atoms with Crippen LogP contribution in [0.25, 0.3) is 0 Å². The molecule has 0 unspecified atom stereocenters. The summed E-state index contributed by atoms with van der Waals surface area (Å²) in [7, 11) is -4.07. The van der Waals surface area contributed by atoms with Gasteiger partial charge in [-0.3, -0.25) is 15.1 Å². The lowest BCUT2D eigenvalue weighted by Crippen LogP contribution is -2.54. The van der Waals surface area contributed by atoms with Crippen molar-refractivity contribution >= 4 is 15.7 Å². The Morgan fingerprint density at radius 3 is 2.39 bits per heavy atom. The zero-order chi connectivity index (χ0) is 24.3. The molecule has 0 radical (unpaired) electrons. The van der Waals surface area contributed by atoms with Gasteiger partial charge in [-0.15, -0.1) is 0 Å². The van der Waals surface area contributed by atoms with Crippen molar-refractivity contribution in [2.24, 2.45) is 0 Å². The van der Waals surface area contributed by atoms with E-state index in [-0.39, 0.29) is 0 Å². The average molecular weight is 484 g/mol. The van der Waals surface area contributed by atoms with Gasteiger partial charge in [0.15, 0.2) is 9.84 Å². The highest BCUT2D eigenvalue weighted by Gasteiger charge is 2.48. The SMILES string of the molecule is N#CC1(NC(=O)[C@H](CS(=O)(=O)Cc2cccnc2)N[C@@H](c2ccc(F)cc2)C(F)(F)F)CC1. The topological polar surface area (TPSA) is 112 Å². The van der Waals surface area contributed by atoms with Crippen molar-refractivity contribution in [1.29, 1.82) is 5.26 Å². The summed E-state index contributed by atoms with van der Waals surface area (Å²) < 4.78 is 80.2. The van der Waals surface area contributed by atoms with Crippen molar-refractivity contribution in [1.82, 2.24) is 15.6 Å². The van der Waals surface area contributed by atoms with Gasteiger partial charge in [-0.05, 0) is 42.2 Å². The molecule has 0 bridgehead atoms. The van der Waals surface area contributed by atoms with E-state index < -0.39 is 62.4 Å². The maximum Gasteiger partial charge on any atom is 0.407 e. The van der Waals surface area contributed by atoms with Gasteiger partial charge in [-0.25, -0.2) is 12.8 Å². The number of carbonyl (C=O) groups is 1. The van der Waals surface area contributed by atoms with Crippen LogP contribution in [0.2, 0.25) is 0 Å². The minimum atomic E-state index is -4.92. The fraction of sp³-hybridized carbons (Fsp3) is 0.381. The fourth-order valence-corrected chi connectivity index (χ4v) is 4.75. The number of sulfone groups is 1. The second-order valence-electron chi connectivity index (χ2n) is 7.84. The molecular formula is C21H20F4N4O3S. The Kier molecular flexibility index (Phi) is 7.04. The molecule has 1 heterocycles. The average Bonchev–Trinajstić information content (AvgIpc) is 3.51. The molecule has 176 valence electrons. The number of pyridine rings is 1. The number of hydrogen-bond donors (Lipinski definition) is 2. The van der Waals surface area contributed by atoms with Crippen LogP contribution in [0.3, 0.4) is 0 Å². The lowest BCUT2D eigenvalue weighted by Gasteiger charge is -2.28. The van der Waals surface area contributed by atoms with Gasteiger partial charge >= 0.3 is 6.18 Å². The lowest BCUT2D eigenvalue weighted by molar-refractivity contribution is -0.160. The van der Waals surface area contributed by atoms with Crippen LogP contribution >= 0.6 is 0 Å². The van der Waals surface area contributed by atoms with Gasteiger partial charge in [0.1, 0.15) is 23.4 Å². The van der Waals surface area contributed by atoms with E-state index in [0.29, 0.717) is 18.4 Å². The molecule has 0 aliphatic heterocycles. The third-order valence-electron chi connectivity index (χ3n) is 5.07. The zero-order valence-electron chi connectivity index (χ0n) is 17.1. The molecule has 33 heavy (non-hydrogen) atoms. The van der Waals surface area contributed by atoms with Gasteiger partial charge in [-0.2, -0.15) is 18.4 Å². The predicted molar refractivity (Wildman–Crippen MR) is 110 cm³/mol. The van der Waals surface area contributed by atoms with E-state index in [4.69, 9.17) is 0 Å². The highest BCUT2D eigenvalue weighted by Crippen LogP contribution is 2.35. The molecule has 2 N–H and O–H groups in total. The fourth-order valence-electron chi connectivity index (χ4n) is 3.20. The summed E-state index contributed by atoms with van der Waals surface area (Å²) in [4.78, 5) is 16.6. The molecule has 7 nitrogen and oxygen atoms in total. The van der Waals surface area contributed by atoms with Crippen molar-refractivity contribution in [3.63, 3.8) is 0 Å². The first-order valence-corrected chi connectivity index (χ1v) is 11.7. The normalized spacial score (nSPS) is 16.9. The molecule has 12 heteroatoms. The van der Waals surface area contributed by atoms with Gasteiger partial charge in [0.25, 0.3) is 0 Å². The van der Waals surface area contributed by atoms with Crippen LogP contribution in [0.4, 0.5) is 17.6 Å². The Balaban J connectivity index is 1.89. The Bertz CT molecular complexity index is 1130. The number of aromatic nitrogens is 1. The van der Waals surface area contributed by atoms with E-state index in [1.807, 2.05) is 6.07 Å². The summed E-state index contributed by atoms with van der Waals surface area (Å²) in [5, 5.41) is 13.6. The quantitative estimate of drug-likeness (QED) is 0.529. The first kappa shape index (κ1) is 24.6. The Morgan fingerprint density at radius 2 is 1.88 bits per heavy atom. The number of halogens is 4. The number of rotatable bonds is 9. The van der Waals surface area contributed by atoms with E-state index in [2.05, 4.69) is 15.6 Å². The number of nitrogens with zero attached hydrogens (tertiary/aromatic N) is 2. The van der Waals surface area contributed by atoms with Crippen LogP contribution in [0.15, 0.2) is 48.8 Å². The van der Waals surface area contributed by atoms with E-state index in [1.165, 1.54) is 24.5 Å². The zero-order valence-corrected chi connectivity index (χ0v) is 18.0. The minimum absolute atomic E-state index is 0.304. The number of carbonyl (C=O) groups excluding carboxylic acids is 1. The Labute approximate surface area is 187 Å². The van der Waals surface area contributed by atoms with Crippen molar-refractivity contribution in [3.05, 3.63) is 65.7 Å². The van der Waals surface area contributed by atoms with Crippen LogP contribution in [0, 0.1) is 17.1 Å². The third-order valence-corrected chi connectivity index (χ3v) is 6.69. The molecule has 2 atom stereocenters. The number of benzene rings is 1. The molecule has 1 saturated carbocycles. The molecule has 1 aliphatic rings. The molecular weight excluding hydrogens is 464 g/mol. The predicted octanol–water partition coefficient (Wildman–Crippen LogP) is 2.57. The van der Waals surface area contributed by atoms with Crippen LogP contribution < -0.4 is 10.6 Å². The molecule has 1 amide bonds. The number of hydrogen-bond acceptors (Lipinski definition) is 6. The first-order chi connectivity index (χ1) is 15.4. The maximum atomic E-state index is 13.8. The third kappa shape index (κ3) is 6.72.